The third-order valence-corrected chi connectivity index (χ3v) is 4.60. The van der Waals surface area contributed by atoms with Gasteiger partial charge in [0.25, 0.3) is 11.5 Å². The molecule has 9 heteroatoms. The molecule has 27 heavy (non-hydrogen) atoms. The highest BCUT2D eigenvalue weighted by molar-refractivity contribution is 5.98. The Morgan fingerprint density at radius 2 is 1.78 bits per heavy atom. The van der Waals surface area contributed by atoms with Crippen LogP contribution in [0.5, 0.6) is 5.75 Å². The van der Waals surface area contributed by atoms with Gasteiger partial charge in [-0.25, -0.2) is 4.79 Å². The van der Waals surface area contributed by atoms with E-state index >= 15 is 0 Å². The fraction of sp³-hybridized carbons (Fsp3) is 0.333. The van der Waals surface area contributed by atoms with Crippen molar-refractivity contribution >= 4 is 17.5 Å². The summed E-state index contributed by atoms with van der Waals surface area (Å²) >= 11 is 0. The lowest BCUT2D eigenvalue weighted by atomic mass is 10.2. The van der Waals surface area contributed by atoms with Crippen molar-refractivity contribution in [2.24, 2.45) is 14.1 Å². The monoisotopic (exact) mass is 372 g/mol. The Bertz CT molecular complexity index is 1010. The van der Waals surface area contributed by atoms with Gasteiger partial charge in [0.2, 0.25) is 5.91 Å². The van der Waals surface area contributed by atoms with E-state index in [2.05, 4.69) is 5.32 Å². The first-order valence-electron chi connectivity index (χ1n) is 8.34. The summed E-state index contributed by atoms with van der Waals surface area (Å²) in [6.45, 7) is 0.301. The summed E-state index contributed by atoms with van der Waals surface area (Å²) in [7, 11) is 4.32. The average molecular weight is 372 g/mol. The van der Waals surface area contributed by atoms with E-state index in [-0.39, 0.29) is 18.0 Å². The van der Waals surface area contributed by atoms with Crippen molar-refractivity contribution < 1.29 is 14.3 Å². The molecule has 0 spiro atoms. The van der Waals surface area contributed by atoms with E-state index in [9.17, 15) is 19.2 Å². The fourth-order valence-corrected chi connectivity index (χ4v) is 3.03. The number of ether oxygens (including phenoxy) is 1. The smallest absolute Gasteiger partial charge is 0.331 e. The van der Waals surface area contributed by atoms with Crippen molar-refractivity contribution in [2.45, 2.75) is 12.5 Å². The molecular formula is C18H20N4O5. The molecule has 0 aliphatic carbocycles. The molecule has 1 aliphatic heterocycles. The Hall–Kier alpha value is -3.36. The lowest BCUT2D eigenvalue weighted by Gasteiger charge is -2.18. The SMILES string of the molecule is COc1ccc(N2C[C@H](NC(=O)c3cc(=O)n(C)c(=O)n3C)CC2=O)cc1. The van der Waals surface area contributed by atoms with Crippen LogP contribution in [0.1, 0.15) is 16.9 Å². The van der Waals surface area contributed by atoms with Gasteiger partial charge in [-0.2, -0.15) is 0 Å². The predicted molar refractivity (Wildman–Crippen MR) is 98.1 cm³/mol. The first kappa shape index (κ1) is 18.4. The number of hydrogen-bond acceptors (Lipinski definition) is 5. The van der Waals surface area contributed by atoms with Crippen LogP contribution < -0.4 is 26.2 Å². The van der Waals surface area contributed by atoms with Crippen LogP contribution in [0.25, 0.3) is 0 Å². The number of nitrogens with one attached hydrogen (secondary N) is 1. The maximum Gasteiger partial charge on any atom is 0.331 e. The highest BCUT2D eigenvalue weighted by Crippen LogP contribution is 2.24. The molecule has 0 radical (unpaired) electrons. The van der Waals surface area contributed by atoms with E-state index in [0.29, 0.717) is 18.0 Å². The molecule has 3 rings (SSSR count). The minimum absolute atomic E-state index is 0.0431. The van der Waals surface area contributed by atoms with Crippen LogP contribution in [-0.2, 0) is 18.9 Å². The molecule has 1 aliphatic rings. The molecule has 2 amide bonds. The average Bonchev–Trinajstić information content (AvgIpc) is 3.03. The second-order valence-corrected chi connectivity index (χ2v) is 6.35. The number of carbonyl (C=O) groups is 2. The summed E-state index contributed by atoms with van der Waals surface area (Å²) in [5.74, 6) is -0.00756. The van der Waals surface area contributed by atoms with E-state index in [4.69, 9.17) is 4.74 Å². The van der Waals surface area contributed by atoms with E-state index < -0.39 is 23.2 Å². The van der Waals surface area contributed by atoms with Crippen molar-refractivity contribution in [1.82, 2.24) is 14.5 Å². The first-order valence-corrected chi connectivity index (χ1v) is 8.34. The zero-order valence-corrected chi connectivity index (χ0v) is 15.3. The van der Waals surface area contributed by atoms with Crippen molar-refractivity contribution in [1.29, 1.82) is 0 Å². The third-order valence-electron chi connectivity index (χ3n) is 4.60. The molecule has 9 nitrogen and oxygen atoms in total. The van der Waals surface area contributed by atoms with Crippen molar-refractivity contribution in [3.8, 4) is 5.75 Å². The van der Waals surface area contributed by atoms with Crippen LogP contribution in [-0.4, -0.2) is 40.6 Å². The largest absolute Gasteiger partial charge is 0.497 e. The second-order valence-electron chi connectivity index (χ2n) is 6.35. The highest BCUT2D eigenvalue weighted by Gasteiger charge is 2.32. The summed E-state index contributed by atoms with van der Waals surface area (Å²) in [5.41, 5.74) is -0.488. The van der Waals surface area contributed by atoms with Gasteiger partial charge >= 0.3 is 5.69 Å². The zero-order chi connectivity index (χ0) is 19.7. The van der Waals surface area contributed by atoms with Gasteiger partial charge < -0.3 is 15.0 Å². The van der Waals surface area contributed by atoms with Gasteiger partial charge in [0.05, 0.1) is 13.2 Å². The molecule has 1 fully saturated rings. The van der Waals surface area contributed by atoms with Crippen LogP contribution in [0.15, 0.2) is 39.9 Å². The van der Waals surface area contributed by atoms with E-state index in [0.717, 1.165) is 15.2 Å². The number of benzene rings is 1. The third kappa shape index (κ3) is 3.48. The van der Waals surface area contributed by atoms with Gasteiger partial charge in [0.1, 0.15) is 11.4 Å². The normalized spacial score (nSPS) is 16.5. The standard InChI is InChI=1S/C18H20N4O5/c1-20-14(9-15(23)21(2)18(20)26)17(25)19-11-8-16(24)22(10-11)12-4-6-13(27-3)7-5-12/h4-7,9,11H,8,10H2,1-3H3,(H,19,25)/t11-/m1/s1. The van der Waals surface area contributed by atoms with Crippen molar-refractivity contribution in [3.63, 3.8) is 0 Å². The summed E-state index contributed by atoms with van der Waals surface area (Å²) in [6.07, 6.45) is 0.135. The number of methoxy groups -OCH3 is 1. The Morgan fingerprint density at radius 3 is 2.41 bits per heavy atom. The van der Waals surface area contributed by atoms with Gasteiger partial charge in [-0.15, -0.1) is 0 Å². The molecule has 1 N–H and O–H groups in total. The number of hydrogen-bond donors (Lipinski definition) is 1. The molecule has 0 saturated carbocycles. The van der Waals surface area contributed by atoms with Crippen LogP contribution in [0.3, 0.4) is 0 Å². The summed E-state index contributed by atoms with van der Waals surface area (Å²) in [6, 6.07) is 7.73. The van der Waals surface area contributed by atoms with E-state index in [1.165, 1.54) is 14.1 Å². The van der Waals surface area contributed by atoms with Gasteiger partial charge in [-0.3, -0.25) is 23.5 Å². The number of amides is 2. The molecule has 1 aromatic heterocycles. The Kier molecular flexibility index (Phi) is 4.85. The summed E-state index contributed by atoms with van der Waals surface area (Å²) < 4.78 is 7.13. The Labute approximate surface area is 154 Å². The predicted octanol–water partition coefficient (Wildman–Crippen LogP) is -0.372. The Morgan fingerprint density at radius 1 is 1.11 bits per heavy atom. The number of aromatic nitrogens is 2. The number of carbonyl (C=O) groups excluding carboxylic acids is 2. The fourth-order valence-electron chi connectivity index (χ4n) is 3.03. The van der Waals surface area contributed by atoms with E-state index in [1.54, 1.807) is 36.3 Å². The topological polar surface area (TPSA) is 103 Å². The van der Waals surface area contributed by atoms with Gasteiger partial charge in [0, 0.05) is 38.8 Å². The van der Waals surface area contributed by atoms with Crippen LogP contribution >= 0.6 is 0 Å². The summed E-state index contributed by atoms with van der Waals surface area (Å²) in [4.78, 5) is 50.2. The van der Waals surface area contributed by atoms with Gasteiger partial charge in [-0.1, -0.05) is 0 Å². The molecule has 0 unspecified atom stereocenters. The van der Waals surface area contributed by atoms with Crippen molar-refractivity contribution in [3.05, 3.63) is 56.9 Å². The summed E-state index contributed by atoms with van der Waals surface area (Å²) in [5, 5.41) is 2.73. The molecule has 1 saturated heterocycles. The van der Waals surface area contributed by atoms with Gasteiger partial charge in [0.15, 0.2) is 0 Å². The Balaban J connectivity index is 1.75. The lowest BCUT2D eigenvalue weighted by Crippen LogP contribution is -2.43. The molecule has 1 aromatic carbocycles. The molecule has 1 atom stereocenters. The van der Waals surface area contributed by atoms with Crippen LogP contribution in [0.4, 0.5) is 5.69 Å². The maximum atomic E-state index is 12.5. The number of anilines is 1. The number of nitrogens with zero attached hydrogens (tertiary/aromatic N) is 3. The second kappa shape index (κ2) is 7.10. The van der Waals surface area contributed by atoms with Crippen LogP contribution in [0, 0.1) is 0 Å². The van der Waals surface area contributed by atoms with E-state index in [1.807, 2.05) is 0 Å². The van der Waals surface area contributed by atoms with Crippen molar-refractivity contribution in [2.75, 3.05) is 18.6 Å². The number of rotatable bonds is 4. The molecule has 142 valence electrons. The maximum absolute atomic E-state index is 12.5. The minimum atomic E-state index is -0.588. The molecule has 0 bridgehead atoms. The van der Waals surface area contributed by atoms with Gasteiger partial charge in [-0.05, 0) is 24.3 Å². The molecular weight excluding hydrogens is 352 g/mol. The highest BCUT2D eigenvalue weighted by atomic mass is 16.5. The zero-order valence-electron chi connectivity index (χ0n) is 15.3. The lowest BCUT2D eigenvalue weighted by molar-refractivity contribution is -0.117. The van der Waals surface area contributed by atoms with Crippen LogP contribution in [0.2, 0.25) is 0 Å². The minimum Gasteiger partial charge on any atom is -0.497 e. The first-order chi connectivity index (χ1) is 12.8. The molecule has 2 aromatic rings. The quantitative estimate of drug-likeness (QED) is 0.789. The molecule has 2 heterocycles.